The van der Waals surface area contributed by atoms with Crippen LogP contribution >= 0.6 is 0 Å². The average molecular weight is 210 g/mol. The Morgan fingerprint density at radius 1 is 1.20 bits per heavy atom. The van der Waals surface area contributed by atoms with E-state index in [1.807, 2.05) is 0 Å². The van der Waals surface area contributed by atoms with Gasteiger partial charge in [-0.2, -0.15) is 0 Å². The molecule has 2 fully saturated rings. The van der Waals surface area contributed by atoms with E-state index in [1.54, 1.807) is 0 Å². The van der Waals surface area contributed by atoms with Crippen LogP contribution in [0.15, 0.2) is 0 Å². The summed E-state index contributed by atoms with van der Waals surface area (Å²) in [5.41, 5.74) is 6.74. The van der Waals surface area contributed by atoms with Gasteiger partial charge in [0.1, 0.15) is 0 Å². The molecule has 1 atom stereocenters. The van der Waals surface area contributed by atoms with Gasteiger partial charge >= 0.3 is 0 Å². The number of nitrogens with zero attached hydrogens (tertiary/aromatic N) is 1. The van der Waals surface area contributed by atoms with E-state index in [9.17, 15) is 0 Å². The molecular formula is C13H26N2. The van der Waals surface area contributed by atoms with E-state index in [2.05, 4.69) is 18.7 Å². The van der Waals surface area contributed by atoms with Crippen LogP contribution in [0.4, 0.5) is 0 Å². The van der Waals surface area contributed by atoms with Crippen molar-refractivity contribution in [2.75, 3.05) is 13.1 Å². The highest BCUT2D eigenvalue weighted by Crippen LogP contribution is 2.43. The van der Waals surface area contributed by atoms with E-state index in [4.69, 9.17) is 5.73 Å². The number of nitrogens with two attached hydrogens (primary N) is 1. The molecule has 2 N–H and O–H groups in total. The van der Waals surface area contributed by atoms with Crippen molar-refractivity contribution in [1.82, 2.24) is 4.90 Å². The molecule has 1 heterocycles. The Morgan fingerprint density at radius 3 is 2.40 bits per heavy atom. The topological polar surface area (TPSA) is 29.3 Å². The van der Waals surface area contributed by atoms with E-state index in [-0.39, 0.29) is 0 Å². The highest BCUT2D eigenvalue weighted by molar-refractivity contribution is 5.06. The van der Waals surface area contributed by atoms with Crippen LogP contribution < -0.4 is 5.73 Å². The fourth-order valence-electron chi connectivity index (χ4n) is 3.77. The molecule has 0 aromatic rings. The van der Waals surface area contributed by atoms with Gasteiger partial charge in [-0.05, 0) is 44.6 Å². The first-order valence-electron chi connectivity index (χ1n) is 6.73. The SMILES string of the molecule is CCC1CCC2(CC1)C(N)CCN2CC. The first-order chi connectivity index (χ1) is 7.23. The van der Waals surface area contributed by atoms with E-state index in [0.29, 0.717) is 11.6 Å². The predicted octanol–water partition coefficient (Wildman–Crippen LogP) is 2.38. The summed E-state index contributed by atoms with van der Waals surface area (Å²) in [6.45, 7) is 7.03. The van der Waals surface area contributed by atoms with Gasteiger partial charge in [0.2, 0.25) is 0 Å². The Labute approximate surface area is 94.2 Å². The second-order valence-electron chi connectivity index (χ2n) is 5.43. The summed E-state index contributed by atoms with van der Waals surface area (Å²) in [6, 6.07) is 0.440. The van der Waals surface area contributed by atoms with E-state index in [1.165, 1.54) is 51.6 Å². The zero-order valence-electron chi connectivity index (χ0n) is 10.3. The van der Waals surface area contributed by atoms with Crippen molar-refractivity contribution in [3.63, 3.8) is 0 Å². The van der Waals surface area contributed by atoms with Crippen molar-refractivity contribution in [1.29, 1.82) is 0 Å². The van der Waals surface area contributed by atoms with Crippen molar-refractivity contribution in [3.8, 4) is 0 Å². The number of hydrogen-bond donors (Lipinski definition) is 1. The minimum atomic E-state index is 0.389. The predicted molar refractivity (Wildman–Crippen MR) is 64.8 cm³/mol. The zero-order chi connectivity index (χ0) is 10.9. The third kappa shape index (κ3) is 1.83. The minimum absolute atomic E-state index is 0.389. The molecule has 2 rings (SSSR count). The normalized spacial score (nSPS) is 42.6. The van der Waals surface area contributed by atoms with Crippen LogP contribution in [0.1, 0.15) is 52.4 Å². The van der Waals surface area contributed by atoms with E-state index >= 15 is 0 Å². The van der Waals surface area contributed by atoms with Crippen molar-refractivity contribution in [2.45, 2.75) is 64.0 Å². The lowest BCUT2D eigenvalue weighted by Crippen LogP contribution is -2.55. The zero-order valence-corrected chi connectivity index (χ0v) is 10.3. The summed E-state index contributed by atoms with van der Waals surface area (Å²) in [6.07, 6.45) is 8.07. The molecule has 0 bridgehead atoms. The van der Waals surface area contributed by atoms with Crippen LogP contribution in [-0.4, -0.2) is 29.6 Å². The lowest BCUT2D eigenvalue weighted by Gasteiger charge is -2.46. The van der Waals surface area contributed by atoms with Gasteiger partial charge in [0.05, 0.1) is 0 Å². The molecule has 1 saturated heterocycles. The Hall–Kier alpha value is -0.0800. The molecule has 1 unspecified atom stereocenters. The highest BCUT2D eigenvalue weighted by atomic mass is 15.2. The molecule has 0 aromatic heterocycles. The Morgan fingerprint density at radius 2 is 1.87 bits per heavy atom. The summed E-state index contributed by atoms with van der Waals surface area (Å²) >= 11 is 0. The lowest BCUT2D eigenvalue weighted by molar-refractivity contribution is 0.0668. The van der Waals surface area contributed by atoms with Gasteiger partial charge in [-0.25, -0.2) is 0 Å². The summed E-state index contributed by atoms with van der Waals surface area (Å²) < 4.78 is 0. The number of likely N-dealkylation sites (tertiary alicyclic amines) is 1. The van der Waals surface area contributed by atoms with Crippen molar-refractivity contribution < 1.29 is 0 Å². The molecule has 1 spiro atoms. The van der Waals surface area contributed by atoms with E-state index < -0.39 is 0 Å². The van der Waals surface area contributed by atoms with Crippen molar-refractivity contribution in [2.24, 2.45) is 11.7 Å². The fourth-order valence-corrected chi connectivity index (χ4v) is 3.77. The minimum Gasteiger partial charge on any atom is -0.326 e. The van der Waals surface area contributed by atoms with Crippen LogP contribution in [0.2, 0.25) is 0 Å². The maximum Gasteiger partial charge on any atom is 0.0360 e. The van der Waals surface area contributed by atoms with Gasteiger partial charge in [-0.15, -0.1) is 0 Å². The number of likely N-dealkylation sites (N-methyl/N-ethyl adjacent to an activating group) is 1. The standard InChI is InChI=1S/C13H26N2/c1-3-11-5-8-13(9-6-11)12(14)7-10-15(13)4-2/h11-12H,3-10,14H2,1-2H3. The summed E-state index contributed by atoms with van der Waals surface area (Å²) in [5, 5.41) is 0. The smallest absolute Gasteiger partial charge is 0.0360 e. The second kappa shape index (κ2) is 4.42. The largest absolute Gasteiger partial charge is 0.326 e. The summed E-state index contributed by atoms with van der Waals surface area (Å²) in [5.74, 6) is 0.974. The molecule has 0 amide bonds. The fraction of sp³-hybridized carbons (Fsp3) is 1.00. The molecule has 1 aliphatic carbocycles. The van der Waals surface area contributed by atoms with E-state index in [0.717, 1.165) is 5.92 Å². The lowest BCUT2D eigenvalue weighted by atomic mass is 9.72. The molecule has 15 heavy (non-hydrogen) atoms. The maximum atomic E-state index is 6.36. The Balaban J connectivity index is 2.05. The molecular weight excluding hydrogens is 184 g/mol. The molecule has 0 aromatic carbocycles. The van der Waals surface area contributed by atoms with Crippen molar-refractivity contribution in [3.05, 3.63) is 0 Å². The maximum absolute atomic E-state index is 6.36. The Kier molecular flexibility index (Phi) is 3.36. The highest BCUT2D eigenvalue weighted by Gasteiger charge is 2.47. The van der Waals surface area contributed by atoms with Gasteiger partial charge in [0.15, 0.2) is 0 Å². The van der Waals surface area contributed by atoms with Gasteiger partial charge < -0.3 is 5.73 Å². The number of rotatable bonds is 2. The van der Waals surface area contributed by atoms with Gasteiger partial charge in [-0.3, -0.25) is 4.90 Å². The molecule has 2 aliphatic rings. The molecule has 88 valence electrons. The van der Waals surface area contributed by atoms with Gasteiger partial charge in [-0.1, -0.05) is 20.3 Å². The molecule has 1 aliphatic heterocycles. The van der Waals surface area contributed by atoms with Crippen LogP contribution in [0.5, 0.6) is 0 Å². The first kappa shape index (κ1) is 11.4. The summed E-state index contributed by atoms with van der Waals surface area (Å²) in [4.78, 5) is 2.66. The van der Waals surface area contributed by atoms with Crippen LogP contribution in [0.25, 0.3) is 0 Å². The first-order valence-corrected chi connectivity index (χ1v) is 6.73. The van der Waals surface area contributed by atoms with Crippen molar-refractivity contribution >= 4 is 0 Å². The quantitative estimate of drug-likeness (QED) is 0.758. The third-order valence-corrected chi connectivity index (χ3v) is 4.96. The second-order valence-corrected chi connectivity index (χ2v) is 5.43. The molecule has 2 nitrogen and oxygen atoms in total. The molecule has 0 radical (unpaired) electrons. The van der Waals surface area contributed by atoms with Gasteiger partial charge in [0.25, 0.3) is 0 Å². The summed E-state index contributed by atoms with van der Waals surface area (Å²) in [7, 11) is 0. The third-order valence-electron chi connectivity index (χ3n) is 4.96. The van der Waals surface area contributed by atoms with Crippen LogP contribution in [0.3, 0.4) is 0 Å². The molecule has 2 heteroatoms. The van der Waals surface area contributed by atoms with Crippen LogP contribution in [-0.2, 0) is 0 Å². The van der Waals surface area contributed by atoms with Crippen LogP contribution in [0, 0.1) is 5.92 Å². The van der Waals surface area contributed by atoms with Gasteiger partial charge in [0, 0.05) is 18.1 Å². The number of hydrogen-bond acceptors (Lipinski definition) is 2. The monoisotopic (exact) mass is 210 g/mol. The average Bonchev–Trinajstić information content (AvgIpc) is 2.58. The molecule has 1 saturated carbocycles. The Bertz CT molecular complexity index is 207.